The molecule has 0 aliphatic heterocycles. The summed E-state index contributed by atoms with van der Waals surface area (Å²) in [6, 6.07) is -2.75. The number of hydrogen-bond acceptors (Lipinski definition) is 5. The highest BCUT2D eigenvalue weighted by atomic mass is 16.4. The molecular weight excluding hydrogens is 352 g/mol. The van der Waals surface area contributed by atoms with Crippen molar-refractivity contribution in [1.29, 1.82) is 0 Å². The van der Waals surface area contributed by atoms with Crippen LogP contribution in [0.2, 0.25) is 0 Å². The van der Waals surface area contributed by atoms with Gasteiger partial charge in [-0.05, 0) is 31.6 Å². The molecule has 3 atom stereocenters. The van der Waals surface area contributed by atoms with Crippen molar-refractivity contribution in [2.45, 2.75) is 72.0 Å². The molecule has 0 saturated carbocycles. The van der Waals surface area contributed by atoms with E-state index in [1.54, 1.807) is 0 Å². The number of nitrogens with one attached hydrogen (secondary N) is 3. The quantitative estimate of drug-likeness (QED) is 0.318. The van der Waals surface area contributed by atoms with Gasteiger partial charge in [-0.2, -0.15) is 0 Å². The third-order valence-electron chi connectivity index (χ3n) is 3.80. The van der Waals surface area contributed by atoms with Crippen molar-refractivity contribution in [3.05, 3.63) is 0 Å². The smallest absolute Gasteiger partial charge is 0.326 e. The first-order valence-corrected chi connectivity index (χ1v) is 9.30. The van der Waals surface area contributed by atoms with Crippen LogP contribution >= 0.6 is 0 Å². The molecule has 0 radical (unpaired) electrons. The van der Waals surface area contributed by atoms with Gasteiger partial charge in [0.15, 0.2) is 0 Å². The van der Waals surface area contributed by atoms with Crippen molar-refractivity contribution in [2.24, 2.45) is 17.6 Å². The predicted molar refractivity (Wildman–Crippen MR) is 102 cm³/mol. The normalized spacial score (nSPS) is 14.4. The molecule has 0 aromatic rings. The topological polar surface area (TPSA) is 151 Å². The minimum atomic E-state index is -1.12. The van der Waals surface area contributed by atoms with Crippen LogP contribution in [0.1, 0.15) is 53.9 Å². The molecule has 9 nitrogen and oxygen atoms in total. The SMILES string of the molecule is CC(C)C[C@H](NC(=O)[C@H](C)NC(=O)[C@H](CC(C)C)NC(=O)CCN)C(=O)O. The highest BCUT2D eigenvalue weighted by molar-refractivity contribution is 5.93. The van der Waals surface area contributed by atoms with Gasteiger partial charge >= 0.3 is 5.97 Å². The molecule has 0 aromatic heterocycles. The molecule has 0 fully saturated rings. The Hall–Kier alpha value is -2.16. The number of amides is 3. The number of carbonyl (C=O) groups excluding carboxylic acids is 3. The van der Waals surface area contributed by atoms with Crippen molar-refractivity contribution in [3.8, 4) is 0 Å². The van der Waals surface area contributed by atoms with Crippen molar-refractivity contribution in [2.75, 3.05) is 6.54 Å². The fraction of sp³-hybridized carbons (Fsp3) is 0.778. The number of nitrogens with two attached hydrogens (primary N) is 1. The van der Waals surface area contributed by atoms with Gasteiger partial charge in [0.2, 0.25) is 17.7 Å². The molecule has 3 amide bonds. The van der Waals surface area contributed by atoms with Crippen LogP contribution in [0, 0.1) is 11.8 Å². The van der Waals surface area contributed by atoms with E-state index < -0.39 is 35.9 Å². The summed E-state index contributed by atoms with van der Waals surface area (Å²) < 4.78 is 0. The number of carboxylic acid groups (broad SMARTS) is 1. The summed E-state index contributed by atoms with van der Waals surface area (Å²) in [7, 11) is 0. The average Bonchev–Trinajstić information content (AvgIpc) is 2.52. The van der Waals surface area contributed by atoms with Gasteiger partial charge in [-0.3, -0.25) is 14.4 Å². The Balaban J connectivity index is 4.90. The monoisotopic (exact) mass is 386 g/mol. The lowest BCUT2D eigenvalue weighted by Gasteiger charge is -2.23. The van der Waals surface area contributed by atoms with Crippen LogP contribution in [0.4, 0.5) is 0 Å². The van der Waals surface area contributed by atoms with E-state index in [0.717, 1.165) is 0 Å². The van der Waals surface area contributed by atoms with E-state index in [4.69, 9.17) is 5.73 Å². The number of hydrogen-bond donors (Lipinski definition) is 5. The molecule has 0 saturated heterocycles. The number of carboxylic acids is 1. The molecule has 0 rings (SSSR count). The van der Waals surface area contributed by atoms with Gasteiger partial charge in [-0.25, -0.2) is 4.79 Å². The summed E-state index contributed by atoms with van der Waals surface area (Å²) in [5, 5.41) is 16.8. The largest absolute Gasteiger partial charge is 0.480 e. The van der Waals surface area contributed by atoms with E-state index in [9.17, 15) is 24.3 Å². The maximum Gasteiger partial charge on any atom is 0.326 e. The van der Waals surface area contributed by atoms with Crippen molar-refractivity contribution < 1.29 is 24.3 Å². The first-order chi connectivity index (χ1) is 12.5. The second-order valence-corrected chi connectivity index (χ2v) is 7.55. The standard InChI is InChI=1S/C18H34N4O5/c1-10(2)8-13(21-15(23)6-7-19)17(25)20-12(5)16(24)22-14(18(26)27)9-11(3)4/h10-14H,6-9,19H2,1-5H3,(H,20,25)(H,21,23)(H,22,24)(H,26,27)/t12-,13-,14-/m0/s1. The molecule has 0 unspecified atom stereocenters. The van der Waals surface area contributed by atoms with Crippen molar-refractivity contribution in [3.63, 3.8) is 0 Å². The van der Waals surface area contributed by atoms with Crippen molar-refractivity contribution in [1.82, 2.24) is 16.0 Å². The van der Waals surface area contributed by atoms with E-state index >= 15 is 0 Å². The molecule has 0 bridgehead atoms. The first kappa shape index (κ1) is 24.8. The first-order valence-electron chi connectivity index (χ1n) is 9.30. The van der Waals surface area contributed by atoms with Gasteiger partial charge in [-0.1, -0.05) is 27.7 Å². The number of carbonyl (C=O) groups is 4. The lowest BCUT2D eigenvalue weighted by atomic mass is 10.0. The molecule has 6 N–H and O–H groups in total. The zero-order valence-electron chi connectivity index (χ0n) is 16.9. The average molecular weight is 386 g/mol. The van der Waals surface area contributed by atoms with E-state index in [1.165, 1.54) is 6.92 Å². The summed E-state index contributed by atoms with van der Waals surface area (Å²) in [6.07, 6.45) is 0.794. The Kier molecular flexibility index (Phi) is 11.3. The minimum absolute atomic E-state index is 0.0875. The Morgan fingerprint density at radius 1 is 0.815 bits per heavy atom. The lowest BCUT2D eigenvalue weighted by Crippen LogP contribution is -2.55. The predicted octanol–water partition coefficient (Wildman–Crippen LogP) is -0.0137. The molecule has 156 valence electrons. The van der Waals surface area contributed by atoms with E-state index in [2.05, 4.69) is 16.0 Å². The second-order valence-electron chi connectivity index (χ2n) is 7.55. The number of rotatable bonds is 12. The summed E-state index contributed by atoms with van der Waals surface area (Å²) in [5.74, 6) is -2.31. The summed E-state index contributed by atoms with van der Waals surface area (Å²) in [4.78, 5) is 47.8. The molecule has 9 heteroatoms. The van der Waals surface area contributed by atoms with Crippen LogP contribution < -0.4 is 21.7 Å². The fourth-order valence-corrected chi connectivity index (χ4v) is 2.47. The third-order valence-corrected chi connectivity index (χ3v) is 3.80. The minimum Gasteiger partial charge on any atom is -0.480 e. The Morgan fingerprint density at radius 3 is 1.78 bits per heavy atom. The molecular formula is C18H34N4O5. The van der Waals surface area contributed by atoms with Crippen LogP contribution in [-0.2, 0) is 19.2 Å². The second kappa shape index (κ2) is 12.3. The zero-order chi connectivity index (χ0) is 21.1. The van der Waals surface area contributed by atoms with E-state index in [-0.39, 0.29) is 37.1 Å². The fourth-order valence-electron chi connectivity index (χ4n) is 2.47. The Bertz CT molecular complexity index is 522. The van der Waals surface area contributed by atoms with Crippen LogP contribution in [0.3, 0.4) is 0 Å². The van der Waals surface area contributed by atoms with E-state index in [1.807, 2.05) is 27.7 Å². The molecule has 0 aliphatic carbocycles. The van der Waals surface area contributed by atoms with E-state index in [0.29, 0.717) is 6.42 Å². The van der Waals surface area contributed by atoms with Crippen LogP contribution in [0.5, 0.6) is 0 Å². The van der Waals surface area contributed by atoms with Crippen LogP contribution in [0.15, 0.2) is 0 Å². The summed E-state index contributed by atoms with van der Waals surface area (Å²) in [6.45, 7) is 9.17. The van der Waals surface area contributed by atoms with Gasteiger partial charge in [0, 0.05) is 13.0 Å². The van der Waals surface area contributed by atoms with Crippen LogP contribution in [0.25, 0.3) is 0 Å². The van der Waals surface area contributed by atoms with Crippen LogP contribution in [-0.4, -0.2) is 53.5 Å². The molecule has 0 aromatic carbocycles. The van der Waals surface area contributed by atoms with Gasteiger partial charge < -0.3 is 26.8 Å². The Labute approximate surface area is 160 Å². The third kappa shape index (κ3) is 10.5. The highest BCUT2D eigenvalue weighted by Crippen LogP contribution is 2.07. The van der Waals surface area contributed by atoms with Gasteiger partial charge in [0.25, 0.3) is 0 Å². The van der Waals surface area contributed by atoms with Gasteiger partial charge in [0.05, 0.1) is 0 Å². The van der Waals surface area contributed by atoms with Gasteiger partial charge in [-0.15, -0.1) is 0 Å². The number of aliphatic carboxylic acids is 1. The molecule has 27 heavy (non-hydrogen) atoms. The zero-order valence-corrected chi connectivity index (χ0v) is 16.9. The summed E-state index contributed by atoms with van der Waals surface area (Å²) in [5.41, 5.74) is 5.35. The maximum absolute atomic E-state index is 12.5. The lowest BCUT2D eigenvalue weighted by molar-refractivity contribution is -0.142. The van der Waals surface area contributed by atoms with Crippen molar-refractivity contribution >= 4 is 23.7 Å². The van der Waals surface area contributed by atoms with Gasteiger partial charge in [0.1, 0.15) is 18.1 Å². The molecule has 0 spiro atoms. The molecule has 0 heterocycles. The highest BCUT2D eigenvalue weighted by Gasteiger charge is 2.27. The molecule has 0 aliphatic rings. The Morgan fingerprint density at radius 2 is 1.33 bits per heavy atom. The summed E-state index contributed by atoms with van der Waals surface area (Å²) >= 11 is 0. The maximum atomic E-state index is 12.5.